The summed E-state index contributed by atoms with van der Waals surface area (Å²) in [6.07, 6.45) is 4.31. The molecule has 0 saturated heterocycles. The van der Waals surface area contributed by atoms with Gasteiger partial charge in [0, 0.05) is 29.1 Å². The van der Waals surface area contributed by atoms with Crippen LogP contribution in [-0.2, 0) is 13.2 Å². The molecule has 6 heteroatoms. The SMILES string of the molecule is CCC#Cc1cc2cnn(Cc3cccc(F)c3)c2cc1COc1ncccc1I. The number of hydrogen-bond donors (Lipinski definition) is 0. The quantitative estimate of drug-likeness (QED) is 0.260. The number of rotatable bonds is 5. The topological polar surface area (TPSA) is 39.9 Å². The Labute approximate surface area is 188 Å². The summed E-state index contributed by atoms with van der Waals surface area (Å²) in [5.41, 5.74) is 3.69. The van der Waals surface area contributed by atoms with Crippen molar-refractivity contribution < 1.29 is 9.13 Å². The van der Waals surface area contributed by atoms with Gasteiger partial charge in [0.15, 0.2) is 0 Å². The molecule has 2 aromatic carbocycles. The van der Waals surface area contributed by atoms with Crippen LogP contribution < -0.4 is 4.74 Å². The van der Waals surface area contributed by atoms with Gasteiger partial charge in [0.25, 0.3) is 0 Å². The van der Waals surface area contributed by atoms with Gasteiger partial charge in [-0.3, -0.25) is 4.68 Å². The highest BCUT2D eigenvalue weighted by Crippen LogP contribution is 2.24. The van der Waals surface area contributed by atoms with Crippen molar-refractivity contribution in [3.05, 3.63) is 87.0 Å². The zero-order valence-corrected chi connectivity index (χ0v) is 18.6. The summed E-state index contributed by atoms with van der Waals surface area (Å²) >= 11 is 2.21. The molecule has 4 aromatic rings. The van der Waals surface area contributed by atoms with Crippen molar-refractivity contribution in [2.24, 2.45) is 0 Å². The minimum Gasteiger partial charge on any atom is -0.472 e. The van der Waals surface area contributed by atoms with Crippen LogP contribution in [0, 0.1) is 21.2 Å². The predicted octanol–water partition coefficient (Wildman–Crippen LogP) is 5.56. The number of halogens is 2. The highest BCUT2D eigenvalue weighted by molar-refractivity contribution is 14.1. The van der Waals surface area contributed by atoms with Crippen molar-refractivity contribution in [2.75, 3.05) is 0 Å². The molecule has 0 bridgehead atoms. The molecule has 0 atom stereocenters. The summed E-state index contributed by atoms with van der Waals surface area (Å²) in [4.78, 5) is 4.30. The molecule has 0 N–H and O–H groups in total. The summed E-state index contributed by atoms with van der Waals surface area (Å²) in [6, 6.07) is 14.5. The fourth-order valence-corrected chi connectivity index (χ4v) is 3.65. The molecule has 0 radical (unpaired) electrons. The van der Waals surface area contributed by atoms with Gasteiger partial charge in [0.1, 0.15) is 12.4 Å². The summed E-state index contributed by atoms with van der Waals surface area (Å²) in [5.74, 6) is 6.72. The second kappa shape index (κ2) is 9.26. The Kier molecular flexibility index (Phi) is 6.29. The van der Waals surface area contributed by atoms with Crippen molar-refractivity contribution in [1.29, 1.82) is 0 Å². The van der Waals surface area contributed by atoms with Gasteiger partial charge in [-0.1, -0.05) is 30.9 Å². The van der Waals surface area contributed by atoms with Crippen molar-refractivity contribution in [3.8, 4) is 17.7 Å². The Bertz CT molecular complexity index is 1260. The van der Waals surface area contributed by atoms with E-state index in [0.29, 0.717) is 19.0 Å². The standard InChI is InChI=1S/C24H19FIN3O/c1-2-3-7-18-12-19-14-28-29(15-17-6-4-8-21(25)11-17)23(19)13-20(18)16-30-24-22(26)9-5-10-27-24/h4-6,8-14H,2,15-16H2,1H3. The number of pyridine rings is 1. The lowest BCUT2D eigenvalue weighted by Crippen LogP contribution is -2.04. The average molecular weight is 511 g/mol. The van der Waals surface area contributed by atoms with Crippen LogP contribution >= 0.6 is 22.6 Å². The van der Waals surface area contributed by atoms with Crippen LogP contribution in [0.4, 0.5) is 4.39 Å². The second-order valence-corrected chi connectivity index (χ2v) is 7.90. The Morgan fingerprint density at radius 3 is 2.87 bits per heavy atom. The van der Waals surface area contributed by atoms with Crippen LogP contribution in [0.25, 0.3) is 10.9 Å². The van der Waals surface area contributed by atoms with E-state index >= 15 is 0 Å². The third-order valence-corrected chi connectivity index (χ3v) is 5.40. The third kappa shape index (κ3) is 4.62. The van der Waals surface area contributed by atoms with E-state index in [9.17, 15) is 4.39 Å². The first-order valence-electron chi connectivity index (χ1n) is 9.59. The van der Waals surface area contributed by atoms with Crippen LogP contribution in [0.2, 0.25) is 0 Å². The summed E-state index contributed by atoms with van der Waals surface area (Å²) in [6.45, 7) is 2.86. The van der Waals surface area contributed by atoms with Gasteiger partial charge >= 0.3 is 0 Å². The van der Waals surface area contributed by atoms with Crippen LogP contribution in [0.3, 0.4) is 0 Å². The van der Waals surface area contributed by atoms with E-state index in [2.05, 4.69) is 50.6 Å². The zero-order chi connectivity index (χ0) is 20.9. The number of nitrogens with zero attached hydrogens (tertiary/aromatic N) is 3. The Balaban J connectivity index is 1.70. The van der Waals surface area contributed by atoms with Gasteiger partial charge in [-0.15, -0.1) is 0 Å². The number of ether oxygens (including phenoxy) is 1. The van der Waals surface area contributed by atoms with E-state index in [1.54, 1.807) is 12.3 Å². The number of aromatic nitrogens is 3. The normalized spacial score (nSPS) is 10.6. The molecule has 0 spiro atoms. The van der Waals surface area contributed by atoms with Crippen molar-refractivity contribution in [1.82, 2.24) is 14.8 Å². The minimum absolute atomic E-state index is 0.250. The van der Waals surface area contributed by atoms with Gasteiger partial charge in [-0.05, 0) is 64.6 Å². The van der Waals surface area contributed by atoms with Crippen molar-refractivity contribution >= 4 is 33.5 Å². The summed E-state index contributed by atoms with van der Waals surface area (Å²) in [7, 11) is 0. The number of hydrogen-bond acceptors (Lipinski definition) is 3. The van der Waals surface area contributed by atoms with Crippen LogP contribution in [-0.4, -0.2) is 14.8 Å². The maximum atomic E-state index is 13.6. The van der Waals surface area contributed by atoms with E-state index in [-0.39, 0.29) is 5.82 Å². The summed E-state index contributed by atoms with van der Waals surface area (Å²) < 4.78 is 22.4. The van der Waals surface area contributed by atoms with Gasteiger partial charge in [0.05, 0.1) is 21.8 Å². The molecule has 150 valence electrons. The van der Waals surface area contributed by atoms with Crippen molar-refractivity contribution in [2.45, 2.75) is 26.5 Å². The van der Waals surface area contributed by atoms with Gasteiger partial charge in [-0.25, -0.2) is 9.37 Å². The van der Waals surface area contributed by atoms with Gasteiger partial charge < -0.3 is 4.74 Å². The first-order chi connectivity index (χ1) is 14.6. The Morgan fingerprint density at radius 1 is 1.17 bits per heavy atom. The fourth-order valence-electron chi connectivity index (χ4n) is 3.15. The monoisotopic (exact) mass is 511 g/mol. The van der Waals surface area contributed by atoms with E-state index in [0.717, 1.165) is 37.6 Å². The van der Waals surface area contributed by atoms with Gasteiger partial charge in [0.2, 0.25) is 5.88 Å². The number of benzene rings is 2. The molecule has 30 heavy (non-hydrogen) atoms. The smallest absolute Gasteiger partial charge is 0.227 e. The Hall–Kier alpha value is -2.92. The van der Waals surface area contributed by atoms with E-state index in [1.165, 1.54) is 12.1 Å². The number of fused-ring (bicyclic) bond motifs is 1. The lowest BCUT2D eigenvalue weighted by Gasteiger charge is -2.10. The average Bonchev–Trinajstić information content (AvgIpc) is 3.12. The molecule has 0 aliphatic heterocycles. The first kappa shape index (κ1) is 20.4. The maximum Gasteiger partial charge on any atom is 0.227 e. The molecular formula is C24H19FIN3O. The highest BCUT2D eigenvalue weighted by atomic mass is 127. The largest absolute Gasteiger partial charge is 0.472 e. The molecular weight excluding hydrogens is 492 g/mol. The maximum absolute atomic E-state index is 13.6. The third-order valence-electron chi connectivity index (χ3n) is 4.58. The highest BCUT2D eigenvalue weighted by Gasteiger charge is 2.11. The molecule has 0 fully saturated rings. The van der Waals surface area contributed by atoms with Crippen LogP contribution in [0.15, 0.2) is 60.9 Å². The molecule has 2 heterocycles. The molecule has 0 aliphatic rings. The van der Waals surface area contributed by atoms with E-state index < -0.39 is 0 Å². The van der Waals surface area contributed by atoms with Crippen molar-refractivity contribution in [3.63, 3.8) is 0 Å². The molecule has 0 aliphatic carbocycles. The Morgan fingerprint density at radius 2 is 2.07 bits per heavy atom. The lowest BCUT2D eigenvalue weighted by molar-refractivity contribution is 0.291. The lowest BCUT2D eigenvalue weighted by atomic mass is 10.1. The molecule has 0 unspecified atom stereocenters. The molecule has 0 saturated carbocycles. The minimum atomic E-state index is -0.250. The van der Waals surface area contributed by atoms with Crippen LogP contribution in [0.5, 0.6) is 5.88 Å². The summed E-state index contributed by atoms with van der Waals surface area (Å²) in [5, 5.41) is 5.50. The molecule has 0 amide bonds. The fraction of sp³-hybridized carbons (Fsp3) is 0.167. The van der Waals surface area contributed by atoms with Gasteiger partial charge in [-0.2, -0.15) is 5.10 Å². The molecule has 4 rings (SSSR count). The zero-order valence-electron chi connectivity index (χ0n) is 16.4. The second-order valence-electron chi connectivity index (χ2n) is 6.73. The van der Waals surface area contributed by atoms with E-state index in [1.807, 2.05) is 42.1 Å². The molecule has 2 aromatic heterocycles. The van der Waals surface area contributed by atoms with E-state index in [4.69, 9.17) is 4.74 Å². The first-order valence-corrected chi connectivity index (χ1v) is 10.7. The predicted molar refractivity (Wildman–Crippen MR) is 124 cm³/mol. The molecule has 4 nitrogen and oxygen atoms in total. The van der Waals surface area contributed by atoms with Crippen LogP contribution in [0.1, 0.15) is 30.0 Å².